The van der Waals surface area contributed by atoms with Crippen LogP contribution in [0.25, 0.3) is 6.08 Å². The van der Waals surface area contributed by atoms with Gasteiger partial charge in [0.15, 0.2) is 6.61 Å². The van der Waals surface area contributed by atoms with Crippen molar-refractivity contribution in [1.29, 1.82) is 0 Å². The van der Waals surface area contributed by atoms with Crippen LogP contribution < -0.4 is 5.32 Å². The van der Waals surface area contributed by atoms with Crippen LogP contribution in [0.3, 0.4) is 0 Å². The van der Waals surface area contributed by atoms with Crippen molar-refractivity contribution >= 4 is 56.9 Å². The zero-order valence-electron chi connectivity index (χ0n) is 16.5. The van der Waals surface area contributed by atoms with Crippen molar-refractivity contribution in [3.05, 3.63) is 63.6 Å². The fourth-order valence-corrected chi connectivity index (χ4v) is 3.77. The van der Waals surface area contributed by atoms with E-state index in [0.29, 0.717) is 21.2 Å². The van der Waals surface area contributed by atoms with E-state index in [1.807, 2.05) is 0 Å². The zero-order valence-corrected chi connectivity index (χ0v) is 18.8. The largest absolute Gasteiger partial charge is 0.452 e. The molecule has 0 aliphatic carbocycles. The number of hydrogen-bond donors (Lipinski definition) is 1. The van der Waals surface area contributed by atoms with Crippen LogP contribution in [0.15, 0.2) is 47.4 Å². The molecule has 0 fully saturated rings. The first-order chi connectivity index (χ1) is 14.0. The summed E-state index contributed by atoms with van der Waals surface area (Å²) in [6.45, 7) is 1.12. The number of carbonyl (C=O) groups is 2. The Hall–Kier alpha value is -2.39. The van der Waals surface area contributed by atoms with Crippen LogP contribution in [-0.2, 0) is 24.3 Å². The van der Waals surface area contributed by atoms with Gasteiger partial charge in [-0.2, -0.15) is 0 Å². The molecule has 0 aliphatic rings. The molecule has 2 rings (SSSR count). The van der Waals surface area contributed by atoms with Crippen LogP contribution in [0.2, 0.25) is 10.0 Å². The van der Waals surface area contributed by atoms with E-state index >= 15 is 0 Å². The molecule has 0 unspecified atom stereocenters. The molecule has 1 N–H and O–H groups in total. The number of nitrogens with one attached hydrogen (secondary N) is 1. The Kier molecular flexibility index (Phi) is 8.03. The summed E-state index contributed by atoms with van der Waals surface area (Å²) < 4.78 is 30.7. The molecule has 0 spiro atoms. The van der Waals surface area contributed by atoms with Crippen molar-refractivity contribution in [2.24, 2.45) is 0 Å². The number of halogens is 2. The third-order valence-electron chi connectivity index (χ3n) is 3.93. The van der Waals surface area contributed by atoms with Gasteiger partial charge in [0.05, 0.1) is 14.9 Å². The summed E-state index contributed by atoms with van der Waals surface area (Å²) in [5.74, 6) is -1.33. The molecule has 10 heteroatoms. The normalized spacial score (nSPS) is 11.7. The molecule has 0 saturated carbocycles. The molecule has 7 nitrogen and oxygen atoms in total. The summed E-state index contributed by atoms with van der Waals surface area (Å²) in [5, 5.41) is 3.25. The molecule has 0 saturated heterocycles. The Morgan fingerprint density at radius 2 is 1.80 bits per heavy atom. The maximum Gasteiger partial charge on any atom is 0.331 e. The van der Waals surface area contributed by atoms with E-state index in [0.717, 1.165) is 10.4 Å². The molecule has 0 aromatic heterocycles. The highest BCUT2D eigenvalue weighted by Gasteiger charge is 2.20. The van der Waals surface area contributed by atoms with Crippen LogP contribution in [0.1, 0.15) is 11.1 Å². The number of anilines is 1. The van der Waals surface area contributed by atoms with Crippen LogP contribution in [0.4, 0.5) is 5.69 Å². The van der Waals surface area contributed by atoms with Crippen LogP contribution in [-0.4, -0.2) is 45.3 Å². The Morgan fingerprint density at radius 1 is 1.10 bits per heavy atom. The fourth-order valence-electron chi connectivity index (χ4n) is 2.31. The predicted octanol–water partition coefficient (Wildman–Crippen LogP) is 3.75. The highest BCUT2D eigenvalue weighted by molar-refractivity contribution is 7.89. The number of benzene rings is 2. The summed E-state index contributed by atoms with van der Waals surface area (Å²) in [5.41, 5.74) is 1.45. The third-order valence-corrected chi connectivity index (χ3v) is 6.63. The predicted molar refractivity (Wildman–Crippen MR) is 117 cm³/mol. The van der Waals surface area contributed by atoms with Crippen molar-refractivity contribution in [3.63, 3.8) is 0 Å². The lowest BCUT2D eigenvalue weighted by Gasteiger charge is -2.15. The van der Waals surface area contributed by atoms with E-state index in [1.165, 1.54) is 26.2 Å². The molecule has 0 atom stereocenters. The molecule has 30 heavy (non-hydrogen) atoms. The van der Waals surface area contributed by atoms with Gasteiger partial charge in [0.25, 0.3) is 5.91 Å². The minimum absolute atomic E-state index is 0.0758. The van der Waals surface area contributed by atoms with Gasteiger partial charge < -0.3 is 10.1 Å². The summed E-state index contributed by atoms with van der Waals surface area (Å²) in [7, 11) is -0.818. The Labute approximate surface area is 185 Å². The molecule has 1 amide bonds. The van der Waals surface area contributed by atoms with Gasteiger partial charge in [-0.25, -0.2) is 17.5 Å². The van der Waals surface area contributed by atoms with Crippen molar-refractivity contribution in [1.82, 2.24) is 4.31 Å². The molecule has 0 radical (unpaired) electrons. The maximum absolute atomic E-state index is 12.4. The van der Waals surface area contributed by atoms with Crippen LogP contribution in [0, 0.1) is 6.92 Å². The first-order valence-corrected chi connectivity index (χ1v) is 10.8. The highest BCUT2D eigenvalue weighted by Crippen LogP contribution is 2.23. The molecule has 0 heterocycles. The first kappa shape index (κ1) is 23.9. The summed E-state index contributed by atoms with van der Waals surface area (Å²) >= 11 is 11.7. The van der Waals surface area contributed by atoms with E-state index in [9.17, 15) is 18.0 Å². The second-order valence-corrected chi connectivity index (χ2v) is 9.37. The Morgan fingerprint density at radius 3 is 2.43 bits per heavy atom. The average Bonchev–Trinajstić information content (AvgIpc) is 2.68. The number of aryl methyl sites for hydroxylation is 1. The van der Waals surface area contributed by atoms with E-state index in [4.69, 9.17) is 27.9 Å². The first-order valence-electron chi connectivity index (χ1n) is 8.63. The second-order valence-electron chi connectivity index (χ2n) is 6.43. The van der Waals surface area contributed by atoms with Gasteiger partial charge in [-0.1, -0.05) is 35.3 Å². The molecule has 2 aromatic carbocycles. The van der Waals surface area contributed by atoms with E-state index in [-0.39, 0.29) is 10.6 Å². The summed E-state index contributed by atoms with van der Waals surface area (Å²) in [6, 6.07) is 9.34. The van der Waals surface area contributed by atoms with E-state index in [2.05, 4.69) is 5.32 Å². The minimum Gasteiger partial charge on any atom is -0.452 e. The molecule has 2 aromatic rings. The molecule has 0 bridgehead atoms. The standard InChI is InChI=1S/C20H20Cl2N2O5S/c1-13-4-7-15(11-18(13)30(27,28)24(2)3)23-19(25)12-29-20(26)9-6-14-5-8-16(21)17(22)10-14/h4-11H,12H2,1-3H3,(H,23,25)/b9-6+. The van der Waals surface area contributed by atoms with Crippen molar-refractivity contribution < 1.29 is 22.7 Å². The van der Waals surface area contributed by atoms with E-state index < -0.39 is 28.5 Å². The van der Waals surface area contributed by atoms with Gasteiger partial charge in [0.2, 0.25) is 10.0 Å². The number of carbonyl (C=O) groups excluding carboxylic acids is 2. The van der Waals surface area contributed by atoms with Gasteiger partial charge >= 0.3 is 5.97 Å². The summed E-state index contributed by atoms with van der Waals surface area (Å²) in [6.07, 6.45) is 2.63. The van der Waals surface area contributed by atoms with Crippen molar-refractivity contribution in [2.45, 2.75) is 11.8 Å². The van der Waals surface area contributed by atoms with Crippen molar-refractivity contribution in [3.8, 4) is 0 Å². The average molecular weight is 471 g/mol. The van der Waals surface area contributed by atoms with Gasteiger partial charge in [-0.15, -0.1) is 0 Å². The smallest absolute Gasteiger partial charge is 0.331 e. The van der Waals surface area contributed by atoms with Crippen LogP contribution in [0.5, 0.6) is 0 Å². The van der Waals surface area contributed by atoms with Gasteiger partial charge in [0.1, 0.15) is 0 Å². The lowest BCUT2D eigenvalue weighted by molar-refractivity contribution is -0.142. The number of esters is 1. The lowest BCUT2D eigenvalue weighted by atomic mass is 10.2. The number of ether oxygens (including phenoxy) is 1. The molecule has 160 valence electrons. The third kappa shape index (κ3) is 6.30. The second kappa shape index (κ2) is 10.1. The van der Waals surface area contributed by atoms with Gasteiger partial charge in [-0.3, -0.25) is 4.79 Å². The summed E-state index contributed by atoms with van der Waals surface area (Å²) in [4.78, 5) is 23.9. The van der Waals surface area contributed by atoms with E-state index in [1.54, 1.807) is 37.3 Å². The maximum atomic E-state index is 12.4. The Bertz CT molecular complexity index is 1100. The monoisotopic (exact) mass is 470 g/mol. The fraction of sp³-hybridized carbons (Fsp3) is 0.200. The molecular weight excluding hydrogens is 451 g/mol. The zero-order chi connectivity index (χ0) is 22.5. The number of rotatable bonds is 7. The number of sulfonamides is 1. The number of amides is 1. The number of nitrogens with zero attached hydrogens (tertiary/aromatic N) is 1. The van der Waals surface area contributed by atoms with Crippen molar-refractivity contribution in [2.75, 3.05) is 26.0 Å². The molecular formula is C20H20Cl2N2O5S. The van der Waals surface area contributed by atoms with Gasteiger partial charge in [-0.05, 0) is 48.4 Å². The topological polar surface area (TPSA) is 92.8 Å². The lowest BCUT2D eigenvalue weighted by Crippen LogP contribution is -2.24. The van der Waals surface area contributed by atoms with Gasteiger partial charge in [0, 0.05) is 25.9 Å². The highest BCUT2D eigenvalue weighted by atomic mass is 35.5. The Balaban J connectivity index is 1.97. The SMILES string of the molecule is Cc1ccc(NC(=O)COC(=O)/C=C/c2ccc(Cl)c(Cl)c2)cc1S(=O)(=O)N(C)C. The quantitative estimate of drug-likeness (QED) is 0.491. The number of hydrogen-bond acceptors (Lipinski definition) is 5. The van der Waals surface area contributed by atoms with Crippen LogP contribution >= 0.6 is 23.2 Å². The molecule has 0 aliphatic heterocycles. The minimum atomic E-state index is -3.66.